The van der Waals surface area contributed by atoms with Gasteiger partial charge in [-0.1, -0.05) is 17.7 Å². The van der Waals surface area contributed by atoms with E-state index in [2.05, 4.69) is 0 Å². The van der Waals surface area contributed by atoms with E-state index in [1.165, 1.54) is 0 Å². The Morgan fingerprint density at radius 2 is 1.89 bits per heavy atom. The average molecular weight is 264 g/mol. The number of hydrogen-bond donors (Lipinski definition) is 0. The van der Waals surface area contributed by atoms with E-state index in [1.54, 1.807) is 6.92 Å². The van der Waals surface area contributed by atoms with Crippen molar-refractivity contribution in [3.8, 4) is 5.75 Å². The maximum Gasteiger partial charge on any atom is 0.306 e. The Kier molecular flexibility index (Phi) is 6.06. The molecular weight excluding hydrogens is 244 g/mol. The van der Waals surface area contributed by atoms with E-state index in [1.807, 2.05) is 32.0 Å². The van der Waals surface area contributed by atoms with Gasteiger partial charge in [0.1, 0.15) is 12.4 Å². The van der Waals surface area contributed by atoms with Crippen molar-refractivity contribution in [1.29, 1.82) is 0 Å². The number of carbonyl (C=O) groups excluding carboxylic acids is 2. The smallest absolute Gasteiger partial charge is 0.306 e. The third kappa shape index (κ3) is 5.55. The highest BCUT2D eigenvalue weighted by Crippen LogP contribution is 2.18. The average Bonchev–Trinajstić information content (AvgIpc) is 2.35. The summed E-state index contributed by atoms with van der Waals surface area (Å²) in [5, 5.41) is 0. The van der Waals surface area contributed by atoms with Crippen molar-refractivity contribution in [1.82, 2.24) is 0 Å². The van der Waals surface area contributed by atoms with E-state index in [0.29, 0.717) is 12.4 Å². The first-order chi connectivity index (χ1) is 9.02. The summed E-state index contributed by atoms with van der Waals surface area (Å²) < 4.78 is 10.2. The number of esters is 1. The molecule has 0 aliphatic heterocycles. The van der Waals surface area contributed by atoms with Crippen LogP contribution in [0.3, 0.4) is 0 Å². The fourth-order valence-electron chi connectivity index (χ4n) is 1.67. The van der Waals surface area contributed by atoms with E-state index in [9.17, 15) is 9.59 Å². The minimum absolute atomic E-state index is 0.0106. The molecule has 0 atom stereocenters. The van der Waals surface area contributed by atoms with Gasteiger partial charge in [0.05, 0.1) is 13.0 Å². The summed E-state index contributed by atoms with van der Waals surface area (Å²) in [5.41, 5.74) is 2.15. The first kappa shape index (κ1) is 15.2. The number of hydrogen-bond acceptors (Lipinski definition) is 4. The summed E-state index contributed by atoms with van der Waals surface area (Å²) >= 11 is 0. The summed E-state index contributed by atoms with van der Waals surface area (Å²) in [7, 11) is 0. The van der Waals surface area contributed by atoms with Crippen LogP contribution in [-0.4, -0.2) is 25.0 Å². The topological polar surface area (TPSA) is 52.6 Å². The van der Waals surface area contributed by atoms with Gasteiger partial charge in [-0.2, -0.15) is 0 Å². The van der Waals surface area contributed by atoms with Crippen LogP contribution in [0.25, 0.3) is 0 Å². The van der Waals surface area contributed by atoms with E-state index >= 15 is 0 Å². The van der Waals surface area contributed by atoms with Crippen LogP contribution in [0, 0.1) is 13.8 Å². The van der Waals surface area contributed by atoms with Crippen molar-refractivity contribution < 1.29 is 19.1 Å². The summed E-state index contributed by atoms with van der Waals surface area (Å²) in [6.45, 7) is 6.01. The molecule has 0 radical (unpaired) electrons. The van der Waals surface area contributed by atoms with Gasteiger partial charge >= 0.3 is 5.97 Å². The fraction of sp³-hybridized carbons (Fsp3) is 0.467. The molecule has 0 saturated carbocycles. The molecule has 0 aromatic heterocycles. The van der Waals surface area contributed by atoms with Gasteiger partial charge in [0.2, 0.25) is 0 Å². The molecule has 0 N–H and O–H groups in total. The maximum absolute atomic E-state index is 11.6. The molecule has 0 amide bonds. The van der Waals surface area contributed by atoms with Crippen LogP contribution in [-0.2, 0) is 14.3 Å². The van der Waals surface area contributed by atoms with Gasteiger partial charge in [0.15, 0.2) is 5.78 Å². The van der Waals surface area contributed by atoms with Gasteiger partial charge in [-0.05, 0) is 32.4 Å². The summed E-state index contributed by atoms with van der Waals surface area (Å²) in [6, 6.07) is 5.78. The van der Waals surface area contributed by atoms with Crippen LogP contribution in [0.4, 0.5) is 0 Å². The molecule has 1 rings (SSSR count). The Labute approximate surface area is 113 Å². The van der Waals surface area contributed by atoms with Gasteiger partial charge in [-0.3, -0.25) is 9.59 Å². The van der Waals surface area contributed by atoms with Crippen LogP contribution >= 0.6 is 0 Å². The van der Waals surface area contributed by atoms with Gasteiger partial charge in [-0.25, -0.2) is 0 Å². The number of aryl methyl sites for hydroxylation is 2. The molecule has 0 unspecified atom stereocenters. The number of carbonyl (C=O) groups is 2. The SMILES string of the molecule is CCOC(=O)CCC(=O)COc1ccc(C)cc1C. The third-order valence-electron chi connectivity index (χ3n) is 2.63. The van der Waals surface area contributed by atoms with E-state index in [4.69, 9.17) is 9.47 Å². The highest BCUT2D eigenvalue weighted by Gasteiger charge is 2.09. The molecule has 0 aliphatic rings. The van der Waals surface area contributed by atoms with Crippen LogP contribution in [0.2, 0.25) is 0 Å². The van der Waals surface area contributed by atoms with Crippen molar-refractivity contribution in [2.75, 3.05) is 13.2 Å². The second kappa shape index (κ2) is 7.56. The maximum atomic E-state index is 11.6. The first-order valence-electron chi connectivity index (χ1n) is 6.40. The first-order valence-corrected chi connectivity index (χ1v) is 6.40. The fourth-order valence-corrected chi connectivity index (χ4v) is 1.67. The van der Waals surface area contributed by atoms with Crippen molar-refractivity contribution >= 4 is 11.8 Å². The predicted molar refractivity (Wildman–Crippen MR) is 72.3 cm³/mol. The summed E-state index contributed by atoms with van der Waals surface area (Å²) in [5.74, 6) is 0.255. The molecule has 0 aliphatic carbocycles. The normalized spacial score (nSPS) is 10.1. The van der Waals surface area contributed by atoms with Crippen LogP contribution < -0.4 is 4.74 Å². The zero-order valence-electron chi connectivity index (χ0n) is 11.7. The Hall–Kier alpha value is -1.84. The zero-order valence-corrected chi connectivity index (χ0v) is 11.7. The predicted octanol–water partition coefficient (Wildman–Crippen LogP) is 2.59. The lowest BCUT2D eigenvalue weighted by molar-refractivity contribution is -0.144. The second-order valence-electron chi connectivity index (χ2n) is 4.40. The number of ether oxygens (including phenoxy) is 2. The van der Waals surface area contributed by atoms with Crippen molar-refractivity contribution in [3.63, 3.8) is 0 Å². The van der Waals surface area contributed by atoms with Crippen molar-refractivity contribution in [2.45, 2.75) is 33.6 Å². The lowest BCUT2D eigenvalue weighted by Crippen LogP contribution is -2.14. The Morgan fingerprint density at radius 1 is 1.16 bits per heavy atom. The zero-order chi connectivity index (χ0) is 14.3. The van der Waals surface area contributed by atoms with E-state index in [-0.39, 0.29) is 31.2 Å². The molecule has 104 valence electrons. The van der Waals surface area contributed by atoms with Gasteiger partial charge in [0.25, 0.3) is 0 Å². The molecule has 0 heterocycles. The minimum Gasteiger partial charge on any atom is -0.486 e. The second-order valence-corrected chi connectivity index (χ2v) is 4.40. The Bertz CT molecular complexity index is 451. The largest absolute Gasteiger partial charge is 0.486 e. The van der Waals surface area contributed by atoms with E-state index in [0.717, 1.165) is 11.1 Å². The van der Waals surface area contributed by atoms with Gasteiger partial charge < -0.3 is 9.47 Å². The highest BCUT2D eigenvalue weighted by molar-refractivity contribution is 5.84. The van der Waals surface area contributed by atoms with Crippen LogP contribution in [0.15, 0.2) is 18.2 Å². The molecule has 1 aromatic rings. The Morgan fingerprint density at radius 3 is 2.53 bits per heavy atom. The molecular formula is C15H20O4. The molecule has 0 spiro atoms. The van der Waals surface area contributed by atoms with E-state index < -0.39 is 0 Å². The standard InChI is InChI=1S/C15H20O4/c1-4-18-15(17)8-6-13(16)10-19-14-7-5-11(2)9-12(14)3/h5,7,9H,4,6,8,10H2,1-3H3. The molecule has 1 aromatic carbocycles. The molecule has 19 heavy (non-hydrogen) atoms. The number of ketones is 1. The summed E-state index contributed by atoms with van der Waals surface area (Å²) in [6.07, 6.45) is 0.270. The van der Waals surface area contributed by atoms with Gasteiger partial charge in [-0.15, -0.1) is 0 Å². The third-order valence-corrected chi connectivity index (χ3v) is 2.63. The lowest BCUT2D eigenvalue weighted by atomic mass is 10.1. The number of Topliss-reactive ketones (excluding diaryl/α,β-unsaturated/α-hetero) is 1. The van der Waals surface area contributed by atoms with Crippen molar-refractivity contribution in [3.05, 3.63) is 29.3 Å². The van der Waals surface area contributed by atoms with Crippen LogP contribution in [0.5, 0.6) is 5.75 Å². The summed E-state index contributed by atoms with van der Waals surface area (Å²) in [4.78, 5) is 22.7. The van der Waals surface area contributed by atoms with Gasteiger partial charge in [0, 0.05) is 6.42 Å². The highest BCUT2D eigenvalue weighted by atomic mass is 16.5. The molecule has 4 heteroatoms. The molecule has 0 saturated heterocycles. The quantitative estimate of drug-likeness (QED) is 0.710. The molecule has 4 nitrogen and oxygen atoms in total. The van der Waals surface area contributed by atoms with Crippen molar-refractivity contribution in [2.24, 2.45) is 0 Å². The number of benzene rings is 1. The monoisotopic (exact) mass is 264 g/mol. The van der Waals surface area contributed by atoms with Crippen LogP contribution in [0.1, 0.15) is 30.9 Å². The number of rotatable bonds is 7. The lowest BCUT2D eigenvalue weighted by Gasteiger charge is -2.09. The minimum atomic E-state index is -0.345. The Balaban J connectivity index is 2.36. The molecule has 0 bridgehead atoms. The molecule has 0 fully saturated rings.